The number of hydrogen-bond acceptors (Lipinski definition) is 6. The van der Waals surface area contributed by atoms with E-state index in [2.05, 4.69) is 85.8 Å². The van der Waals surface area contributed by atoms with Gasteiger partial charge in [-0.2, -0.15) is 0 Å². The Morgan fingerprint density at radius 1 is 1.06 bits per heavy atom. The van der Waals surface area contributed by atoms with E-state index in [0.29, 0.717) is 6.04 Å². The van der Waals surface area contributed by atoms with Gasteiger partial charge in [0, 0.05) is 42.1 Å². The maximum atomic E-state index is 4.93. The summed E-state index contributed by atoms with van der Waals surface area (Å²) in [7, 11) is 2.19. The third kappa shape index (κ3) is 3.88. The summed E-state index contributed by atoms with van der Waals surface area (Å²) in [6.07, 6.45) is 8.30. The summed E-state index contributed by atoms with van der Waals surface area (Å²) in [5, 5.41) is 4.84. The van der Waals surface area contributed by atoms with Crippen molar-refractivity contribution in [3.05, 3.63) is 42.1 Å². The van der Waals surface area contributed by atoms with Crippen molar-refractivity contribution in [1.29, 1.82) is 0 Å². The first kappa shape index (κ1) is 21.3. The molecule has 0 unspecified atom stereocenters. The molecule has 0 atom stereocenters. The minimum Gasteiger partial charge on any atom is -0.348 e. The number of thiazole rings is 1. The molecule has 5 heterocycles. The van der Waals surface area contributed by atoms with Crippen molar-refractivity contribution in [2.45, 2.75) is 71.5 Å². The molecule has 1 fully saturated rings. The molecule has 1 aliphatic rings. The topological polar surface area (TPSA) is 58.4 Å². The third-order valence-corrected chi connectivity index (χ3v) is 7.58. The summed E-state index contributed by atoms with van der Waals surface area (Å²) < 4.78 is 3.32. The summed E-state index contributed by atoms with van der Waals surface area (Å²) in [4.78, 5) is 16.6. The second kappa shape index (κ2) is 7.25. The Balaban J connectivity index is 1.47. The molecule has 0 spiro atoms. The van der Waals surface area contributed by atoms with E-state index in [1.807, 2.05) is 13.1 Å². The minimum absolute atomic E-state index is 0.106. The number of hydrogen-bond donors (Lipinski definition) is 1. The van der Waals surface area contributed by atoms with E-state index < -0.39 is 0 Å². The van der Waals surface area contributed by atoms with Gasteiger partial charge in [0.25, 0.3) is 0 Å². The lowest BCUT2D eigenvalue weighted by atomic mass is 9.79. The molecule has 1 aliphatic heterocycles. The van der Waals surface area contributed by atoms with Crippen LogP contribution in [0.25, 0.3) is 27.0 Å². The SMILES string of the molecule is Cc1cn2cc(-c3cc4sc(N(C)C5CC(C)(C)NC(C)(C)C5)nc4cn3)cc2c(C)n1. The average Bonchev–Trinajstić information content (AvgIpc) is 3.28. The zero-order valence-electron chi connectivity index (χ0n) is 20.0. The molecule has 5 rings (SSSR count). The zero-order chi connectivity index (χ0) is 22.8. The van der Waals surface area contributed by atoms with Crippen LogP contribution < -0.4 is 10.2 Å². The first-order valence-corrected chi connectivity index (χ1v) is 12.1. The summed E-state index contributed by atoms with van der Waals surface area (Å²) in [5.41, 5.74) is 6.42. The molecule has 7 heteroatoms. The van der Waals surface area contributed by atoms with E-state index >= 15 is 0 Å². The fourth-order valence-corrected chi connectivity index (χ4v) is 6.40. The van der Waals surface area contributed by atoms with Crippen LogP contribution >= 0.6 is 11.3 Å². The Kier molecular flexibility index (Phi) is 4.84. The monoisotopic (exact) mass is 448 g/mol. The standard InChI is InChI=1S/C25H32N6S/c1-15-13-31-14-17(8-21(31)16(2)27-15)19-9-22-20(12-26-19)28-23(32-22)30(7)18-10-24(3,4)29-25(5,6)11-18/h8-9,12-14,18,29H,10-11H2,1-7H3. The smallest absolute Gasteiger partial charge is 0.186 e. The molecule has 4 aromatic heterocycles. The number of piperidine rings is 1. The van der Waals surface area contributed by atoms with Crippen molar-refractivity contribution in [3.63, 3.8) is 0 Å². The Labute approximate surface area is 193 Å². The summed E-state index contributed by atoms with van der Waals surface area (Å²) >= 11 is 1.76. The van der Waals surface area contributed by atoms with E-state index in [0.717, 1.165) is 51.7 Å². The maximum Gasteiger partial charge on any atom is 0.186 e. The van der Waals surface area contributed by atoms with Crippen molar-refractivity contribution in [2.75, 3.05) is 11.9 Å². The second-order valence-electron chi connectivity index (χ2n) is 10.6. The maximum absolute atomic E-state index is 4.93. The Bertz CT molecular complexity index is 1300. The van der Waals surface area contributed by atoms with Gasteiger partial charge in [0.2, 0.25) is 0 Å². The number of anilines is 1. The molecular weight excluding hydrogens is 416 g/mol. The van der Waals surface area contributed by atoms with Crippen molar-refractivity contribution in [1.82, 2.24) is 24.7 Å². The first-order chi connectivity index (χ1) is 15.0. The van der Waals surface area contributed by atoms with Gasteiger partial charge in [-0.25, -0.2) is 4.98 Å². The van der Waals surface area contributed by atoms with Gasteiger partial charge in [-0.05, 0) is 66.5 Å². The Hall–Kier alpha value is -2.51. The minimum atomic E-state index is 0.106. The number of rotatable bonds is 3. The summed E-state index contributed by atoms with van der Waals surface area (Å²) in [6.45, 7) is 13.3. The lowest BCUT2D eigenvalue weighted by Crippen LogP contribution is -2.61. The van der Waals surface area contributed by atoms with E-state index in [-0.39, 0.29) is 11.1 Å². The number of nitrogens with zero attached hydrogens (tertiary/aromatic N) is 5. The number of aryl methyl sites for hydroxylation is 2. The highest BCUT2D eigenvalue weighted by atomic mass is 32.1. The first-order valence-electron chi connectivity index (χ1n) is 11.2. The van der Waals surface area contributed by atoms with Gasteiger partial charge in [0.15, 0.2) is 5.13 Å². The molecule has 0 aromatic carbocycles. The van der Waals surface area contributed by atoms with E-state index in [1.165, 1.54) is 4.70 Å². The molecule has 1 N–H and O–H groups in total. The number of fused-ring (bicyclic) bond motifs is 2. The van der Waals surface area contributed by atoms with Gasteiger partial charge in [-0.3, -0.25) is 9.97 Å². The highest BCUT2D eigenvalue weighted by Crippen LogP contribution is 2.37. The Morgan fingerprint density at radius 3 is 2.50 bits per heavy atom. The Morgan fingerprint density at radius 2 is 1.78 bits per heavy atom. The van der Waals surface area contributed by atoms with Crippen LogP contribution in [-0.2, 0) is 0 Å². The quantitative estimate of drug-likeness (QED) is 0.457. The van der Waals surface area contributed by atoms with Gasteiger partial charge in [0.1, 0.15) is 5.52 Å². The number of nitrogens with one attached hydrogen (secondary N) is 1. The largest absolute Gasteiger partial charge is 0.348 e. The number of pyridine rings is 1. The van der Waals surface area contributed by atoms with E-state index in [1.54, 1.807) is 11.3 Å². The molecule has 32 heavy (non-hydrogen) atoms. The predicted molar refractivity (Wildman–Crippen MR) is 134 cm³/mol. The molecule has 0 bridgehead atoms. The molecule has 6 nitrogen and oxygen atoms in total. The fourth-order valence-electron chi connectivity index (χ4n) is 5.40. The molecule has 0 amide bonds. The molecule has 1 saturated heterocycles. The van der Waals surface area contributed by atoms with Gasteiger partial charge >= 0.3 is 0 Å². The van der Waals surface area contributed by atoms with Crippen LogP contribution in [0, 0.1) is 13.8 Å². The highest BCUT2D eigenvalue weighted by Gasteiger charge is 2.39. The second-order valence-corrected chi connectivity index (χ2v) is 11.6. The van der Waals surface area contributed by atoms with E-state index in [9.17, 15) is 0 Å². The van der Waals surface area contributed by atoms with Gasteiger partial charge in [0.05, 0.1) is 33.5 Å². The lowest BCUT2D eigenvalue weighted by molar-refractivity contribution is 0.161. The predicted octanol–water partition coefficient (Wildman–Crippen LogP) is 5.37. The highest BCUT2D eigenvalue weighted by molar-refractivity contribution is 7.22. The third-order valence-electron chi connectivity index (χ3n) is 6.47. The average molecular weight is 449 g/mol. The van der Waals surface area contributed by atoms with Gasteiger partial charge in [-0.15, -0.1) is 0 Å². The zero-order valence-corrected chi connectivity index (χ0v) is 20.8. The molecular formula is C25H32N6S. The van der Waals surface area contributed by atoms with Crippen molar-refractivity contribution in [3.8, 4) is 11.3 Å². The van der Waals surface area contributed by atoms with Crippen LogP contribution in [0.2, 0.25) is 0 Å². The molecule has 168 valence electrons. The molecule has 4 aromatic rings. The van der Waals surface area contributed by atoms with Crippen LogP contribution in [0.3, 0.4) is 0 Å². The van der Waals surface area contributed by atoms with E-state index in [4.69, 9.17) is 9.97 Å². The summed E-state index contributed by atoms with van der Waals surface area (Å²) in [5.74, 6) is 0. The number of aromatic nitrogens is 4. The van der Waals surface area contributed by atoms with Crippen LogP contribution in [-0.4, -0.2) is 43.5 Å². The van der Waals surface area contributed by atoms with Crippen LogP contribution in [0.5, 0.6) is 0 Å². The van der Waals surface area contributed by atoms with Gasteiger partial charge in [-0.1, -0.05) is 11.3 Å². The molecule has 0 radical (unpaired) electrons. The lowest BCUT2D eigenvalue weighted by Gasteiger charge is -2.48. The van der Waals surface area contributed by atoms with Gasteiger partial charge < -0.3 is 14.6 Å². The van der Waals surface area contributed by atoms with Crippen LogP contribution in [0.15, 0.2) is 30.7 Å². The van der Waals surface area contributed by atoms with Crippen molar-refractivity contribution in [2.24, 2.45) is 0 Å². The molecule has 0 saturated carbocycles. The van der Waals surface area contributed by atoms with Crippen molar-refractivity contribution >= 4 is 32.2 Å². The fraction of sp³-hybridized carbons (Fsp3) is 0.480. The normalized spacial score (nSPS) is 18.5. The molecule has 0 aliphatic carbocycles. The van der Waals surface area contributed by atoms with Crippen molar-refractivity contribution < 1.29 is 0 Å². The summed E-state index contributed by atoms with van der Waals surface area (Å²) in [6, 6.07) is 4.79. The van der Waals surface area contributed by atoms with Crippen LogP contribution in [0.4, 0.5) is 5.13 Å². The van der Waals surface area contributed by atoms with Crippen LogP contribution in [0.1, 0.15) is 51.9 Å².